The number of hydrogen-bond donors (Lipinski definition) is 2. The van der Waals surface area contributed by atoms with E-state index in [1.807, 2.05) is 0 Å². The van der Waals surface area contributed by atoms with Crippen molar-refractivity contribution in [3.63, 3.8) is 0 Å². The maximum atomic E-state index is 11.9. The van der Waals surface area contributed by atoms with Crippen LogP contribution in [0.1, 0.15) is 38.2 Å². The van der Waals surface area contributed by atoms with Crippen molar-refractivity contribution in [1.29, 1.82) is 5.41 Å². The molecule has 0 bridgehead atoms. The first-order chi connectivity index (χ1) is 11.4. The fourth-order valence-electron chi connectivity index (χ4n) is 3.33. The number of nitrogens with one attached hydrogen (secondary N) is 1. The van der Waals surface area contributed by atoms with Crippen LogP contribution in [0.15, 0.2) is 12.1 Å². The zero-order chi connectivity index (χ0) is 17.5. The fraction of sp³-hybridized carbons (Fsp3) is 0.412. The smallest absolute Gasteiger partial charge is 0.156 e. The lowest BCUT2D eigenvalue weighted by molar-refractivity contribution is -0.115. The number of amidine groups is 1. The van der Waals surface area contributed by atoms with E-state index in [1.54, 1.807) is 12.1 Å². The van der Waals surface area contributed by atoms with Crippen molar-refractivity contribution >= 4 is 40.4 Å². The van der Waals surface area contributed by atoms with Crippen LogP contribution < -0.4 is 15.2 Å². The predicted molar refractivity (Wildman–Crippen MR) is 94.4 cm³/mol. The number of nitrogens with two attached hydrogens (primary N) is 1. The van der Waals surface area contributed by atoms with Crippen molar-refractivity contribution in [2.75, 3.05) is 6.61 Å². The maximum Gasteiger partial charge on any atom is 0.156 e. The Labute approximate surface area is 150 Å². The van der Waals surface area contributed by atoms with Gasteiger partial charge in [-0.05, 0) is 18.9 Å². The molecular formula is C17H18Cl2N2O3. The molecule has 128 valence electrons. The number of fused-ring (bicyclic) bond motifs is 3. The maximum absolute atomic E-state index is 11.9. The minimum atomic E-state index is -0.531. The average molecular weight is 369 g/mol. The third kappa shape index (κ3) is 2.76. The van der Waals surface area contributed by atoms with E-state index in [-0.39, 0.29) is 23.2 Å². The molecule has 0 saturated heterocycles. The highest BCUT2D eigenvalue weighted by molar-refractivity contribution is 6.44. The van der Waals surface area contributed by atoms with E-state index in [1.165, 1.54) is 0 Å². The topological polar surface area (TPSA) is 85.4 Å². The zero-order valence-electron chi connectivity index (χ0n) is 13.2. The molecule has 0 amide bonds. The highest BCUT2D eigenvalue weighted by Crippen LogP contribution is 2.56. The second-order valence-corrected chi connectivity index (χ2v) is 6.82. The first-order valence-electron chi connectivity index (χ1n) is 7.80. The summed E-state index contributed by atoms with van der Waals surface area (Å²) in [5.74, 6) is 0.815. The average Bonchev–Trinajstić information content (AvgIpc) is 2.83. The molecule has 3 rings (SSSR count). The van der Waals surface area contributed by atoms with Gasteiger partial charge in [-0.3, -0.25) is 10.2 Å². The van der Waals surface area contributed by atoms with Crippen molar-refractivity contribution < 1.29 is 14.3 Å². The van der Waals surface area contributed by atoms with Crippen LogP contribution in [-0.2, 0) is 4.79 Å². The van der Waals surface area contributed by atoms with Crippen LogP contribution >= 0.6 is 23.2 Å². The first-order valence-corrected chi connectivity index (χ1v) is 8.55. The van der Waals surface area contributed by atoms with Gasteiger partial charge in [-0.2, -0.15) is 0 Å². The Bertz CT molecular complexity index is 761. The van der Waals surface area contributed by atoms with Gasteiger partial charge in [-0.15, -0.1) is 0 Å². The van der Waals surface area contributed by atoms with Gasteiger partial charge in [0.25, 0.3) is 0 Å². The van der Waals surface area contributed by atoms with E-state index in [2.05, 4.69) is 6.92 Å². The molecule has 1 aliphatic carbocycles. The quantitative estimate of drug-likeness (QED) is 0.607. The van der Waals surface area contributed by atoms with Crippen molar-refractivity contribution in [3.8, 4) is 11.5 Å². The van der Waals surface area contributed by atoms with Crippen LogP contribution in [-0.4, -0.2) is 23.8 Å². The van der Waals surface area contributed by atoms with Gasteiger partial charge < -0.3 is 15.2 Å². The summed E-state index contributed by atoms with van der Waals surface area (Å²) in [6, 6.07) is 1.66. The molecule has 7 heteroatoms. The van der Waals surface area contributed by atoms with Crippen LogP contribution in [0.25, 0.3) is 5.57 Å². The Kier molecular flexibility index (Phi) is 4.49. The molecule has 1 atom stereocenters. The lowest BCUT2D eigenvalue weighted by Crippen LogP contribution is -2.36. The molecule has 0 spiro atoms. The Morgan fingerprint density at radius 1 is 1.46 bits per heavy atom. The number of ketones is 1. The van der Waals surface area contributed by atoms with Crippen molar-refractivity contribution in [2.24, 2.45) is 5.73 Å². The number of hydrogen-bond acceptors (Lipinski definition) is 4. The predicted octanol–water partition coefficient (Wildman–Crippen LogP) is 3.99. The molecule has 1 aromatic rings. The number of rotatable bonds is 5. The zero-order valence-corrected chi connectivity index (χ0v) is 14.8. The summed E-state index contributed by atoms with van der Waals surface area (Å²) in [5.41, 5.74) is 6.26. The molecule has 0 radical (unpaired) electrons. The van der Waals surface area contributed by atoms with E-state index >= 15 is 0 Å². The summed E-state index contributed by atoms with van der Waals surface area (Å²) in [6.07, 6.45) is 4.41. The molecule has 1 aliphatic heterocycles. The standard InChI is InChI=1S/C17H18Cl2N2O3/c1-2-4-17-5-3-9(22)6-10(17)14-11(24-17)7-12(15(18)16(14)19)23-8-13(20)21/h6-7H,2-5,8H2,1H3,(H3,20,21). The lowest BCUT2D eigenvalue weighted by atomic mass is 9.78. The normalized spacial score (nSPS) is 21.6. The lowest BCUT2D eigenvalue weighted by Gasteiger charge is -2.32. The van der Waals surface area contributed by atoms with Crippen LogP contribution in [0.5, 0.6) is 11.5 Å². The first kappa shape index (κ1) is 17.1. The number of halogens is 2. The summed E-state index contributed by atoms with van der Waals surface area (Å²) in [4.78, 5) is 11.9. The largest absolute Gasteiger partial charge is 0.484 e. The van der Waals surface area contributed by atoms with Gasteiger partial charge in [0.2, 0.25) is 0 Å². The van der Waals surface area contributed by atoms with Gasteiger partial charge in [0.15, 0.2) is 5.78 Å². The van der Waals surface area contributed by atoms with E-state index < -0.39 is 5.60 Å². The number of carbonyl (C=O) groups excluding carboxylic acids is 1. The SMILES string of the molecule is CCCC12CCC(=O)C=C1c1c(cc(OCC(=N)N)c(Cl)c1Cl)O2. The third-order valence-corrected chi connectivity index (χ3v) is 5.17. The van der Waals surface area contributed by atoms with Gasteiger partial charge in [0, 0.05) is 23.6 Å². The second kappa shape index (κ2) is 6.30. The van der Waals surface area contributed by atoms with E-state index in [4.69, 9.17) is 43.8 Å². The number of benzene rings is 1. The third-order valence-electron chi connectivity index (χ3n) is 4.32. The van der Waals surface area contributed by atoms with E-state index in [0.29, 0.717) is 34.9 Å². The number of ether oxygens (including phenoxy) is 2. The van der Waals surface area contributed by atoms with Gasteiger partial charge in [0.05, 0.1) is 5.02 Å². The Morgan fingerprint density at radius 2 is 2.21 bits per heavy atom. The number of allylic oxidation sites excluding steroid dienone is 1. The Morgan fingerprint density at radius 3 is 2.88 bits per heavy atom. The van der Waals surface area contributed by atoms with Crippen LogP contribution in [0.4, 0.5) is 0 Å². The molecule has 1 heterocycles. The van der Waals surface area contributed by atoms with Crippen molar-refractivity contribution in [3.05, 3.63) is 27.8 Å². The van der Waals surface area contributed by atoms with Crippen LogP contribution in [0, 0.1) is 5.41 Å². The summed E-state index contributed by atoms with van der Waals surface area (Å²) >= 11 is 12.8. The van der Waals surface area contributed by atoms with Crippen molar-refractivity contribution in [2.45, 2.75) is 38.2 Å². The summed E-state index contributed by atoms with van der Waals surface area (Å²) < 4.78 is 11.7. The van der Waals surface area contributed by atoms with Gasteiger partial charge in [-0.1, -0.05) is 36.5 Å². The molecule has 3 N–H and O–H groups in total. The Hall–Kier alpha value is -1.72. The highest BCUT2D eigenvalue weighted by atomic mass is 35.5. The van der Waals surface area contributed by atoms with Crippen LogP contribution in [0.2, 0.25) is 10.0 Å². The van der Waals surface area contributed by atoms with Gasteiger partial charge in [0.1, 0.15) is 34.6 Å². The molecule has 1 aromatic carbocycles. The fourth-order valence-corrected chi connectivity index (χ4v) is 3.82. The molecule has 0 fully saturated rings. The molecule has 0 saturated carbocycles. The second-order valence-electron chi connectivity index (χ2n) is 6.06. The summed E-state index contributed by atoms with van der Waals surface area (Å²) in [6.45, 7) is 1.99. The number of carbonyl (C=O) groups is 1. The van der Waals surface area contributed by atoms with Gasteiger partial charge in [-0.25, -0.2) is 0 Å². The highest BCUT2D eigenvalue weighted by Gasteiger charge is 2.47. The molecular weight excluding hydrogens is 351 g/mol. The minimum absolute atomic E-state index is 0.0669. The molecule has 2 aliphatic rings. The van der Waals surface area contributed by atoms with Crippen LogP contribution in [0.3, 0.4) is 0 Å². The monoisotopic (exact) mass is 368 g/mol. The summed E-state index contributed by atoms with van der Waals surface area (Å²) in [5, 5.41) is 7.79. The molecule has 0 aromatic heterocycles. The van der Waals surface area contributed by atoms with E-state index in [0.717, 1.165) is 18.4 Å². The van der Waals surface area contributed by atoms with Gasteiger partial charge >= 0.3 is 0 Å². The minimum Gasteiger partial charge on any atom is -0.484 e. The molecule has 24 heavy (non-hydrogen) atoms. The molecule has 5 nitrogen and oxygen atoms in total. The summed E-state index contributed by atoms with van der Waals surface area (Å²) in [7, 11) is 0. The molecule has 1 unspecified atom stereocenters. The van der Waals surface area contributed by atoms with Crippen molar-refractivity contribution in [1.82, 2.24) is 0 Å². The van der Waals surface area contributed by atoms with E-state index in [9.17, 15) is 4.79 Å². The Balaban J connectivity index is 2.09.